The molecule has 1 aromatic heterocycles. The largest absolute Gasteiger partial charge is 0.351 e. The molecular formula is C18H22N4O. The van der Waals surface area contributed by atoms with E-state index in [9.17, 15) is 4.79 Å². The zero-order valence-corrected chi connectivity index (χ0v) is 13.5. The highest BCUT2D eigenvalue weighted by atomic mass is 16.2. The first-order chi connectivity index (χ1) is 11.3. The number of nitrogens with one attached hydrogen (secondary N) is 1. The first-order valence-electron chi connectivity index (χ1n) is 8.23. The van der Waals surface area contributed by atoms with Crippen LogP contribution in [0.15, 0.2) is 35.1 Å². The number of para-hydroxylation sites is 1. The van der Waals surface area contributed by atoms with Crippen molar-refractivity contribution in [2.75, 3.05) is 13.1 Å². The van der Waals surface area contributed by atoms with Crippen LogP contribution in [0, 0.1) is 11.8 Å². The lowest BCUT2D eigenvalue weighted by molar-refractivity contribution is 0.440. The average molecular weight is 310 g/mol. The summed E-state index contributed by atoms with van der Waals surface area (Å²) >= 11 is 0. The summed E-state index contributed by atoms with van der Waals surface area (Å²) in [5, 5.41) is 8.01. The predicted molar refractivity (Wildman–Crippen MR) is 90.7 cm³/mol. The molecule has 1 aliphatic heterocycles. The molecule has 120 valence electrons. The minimum absolute atomic E-state index is 0.109. The molecule has 1 atom stereocenters. The Kier molecular flexibility index (Phi) is 4.94. The van der Waals surface area contributed by atoms with Crippen LogP contribution in [0.2, 0.25) is 0 Å². The molecule has 5 heteroatoms. The van der Waals surface area contributed by atoms with E-state index in [2.05, 4.69) is 22.3 Å². The molecule has 0 radical (unpaired) electrons. The molecule has 0 saturated carbocycles. The van der Waals surface area contributed by atoms with E-state index < -0.39 is 0 Å². The normalized spacial score (nSPS) is 17.5. The lowest BCUT2D eigenvalue weighted by Gasteiger charge is -2.22. The predicted octanol–water partition coefficient (Wildman–Crippen LogP) is 1.91. The Morgan fingerprint density at radius 1 is 1.30 bits per heavy atom. The van der Waals surface area contributed by atoms with Crippen molar-refractivity contribution in [1.29, 1.82) is 0 Å². The van der Waals surface area contributed by atoms with Crippen molar-refractivity contribution in [3.8, 4) is 17.5 Å². The SMILES string of the molecule is CCC#CCn1nc([C@H]2CCCNC2)n(-c2ccccc2)c1=O. The lowest BCUT2D eigenvalue weighted by Crippen LogP contribution is -2.31. The molecule has 0 spiro atoms. The second-order valence-electron chi connectivity index (χ2n) is 5.72. The standard InChI is InChI=1S/C18H22N4O/c1-2-3-7-13-21-18(23)22(16-10-5-4-6-11-16)17(20-21)15-9-8-12-19-14-15/h4-6,10-11,15,19H,2,8-9,12-14H2,1H3/t15-/m0/s1. The van der Waals surface area contributed by atoms with Gasteiger partial charge >= 0.3 is 5.69 Å². The number of hydrogen-bond acceptors (Lipinski definition) is 3. The Labute approximate surface area is 136 Å². The van der Waals surface area contributed by atoms with E-state index in [-0.39, 0.29) is 11.6 Å². The Bertz CT molecular complexity index is 758. The highest BCUT2D eigenvalue weighted by Gasteiger charge is 2.24. The molecule has 2 heterocycles. The van der Waals surface area contributed by atoms with Crippen molar-refractivity contribution in [3.63, 3.8) is 0 Å². The van der Waals surface area contributed by atoms with Gasteiger partial charge < -0.3 is 5.32 Å². The van der Waals surface area contributed by atoms with Crippen LogP contribution in [-0.4, -0.2) is 27.4 Å². The minimum Gasteiger partial charge on any atom is -0.316 e. The molecule has 0 bridgehead atoms. The monoisotopic (exact) mass is 310 g/mol. The molecule has 0 amide bonds. The first-order valence-corrected chi connectivity index (χ1v) is 8.23. The smallest absolute Gasteiger partial charge is 0.316 e. The van der Waals surface area contributed by atoms with E-state index in [1.54, 1.807) is 4.57 Å². The third kappa shape index (κ3) is 3.38. The van der Waals surface area contributed by atoms with Gasteiger partial charge in [-0.1, -0.05) is 31.0 Å². The van der Waals surface area contributed by atoms with E-state index in [4.69, 9.17) is 0 Å². The molecule has 1 fully saturated rings. The van der Waals surface area contributed by atoms with Gasteiger partial charge in [0.15, 0.2) is 0 Å². The number of rotatable bonds is 3. The second kappa shape index (κ2) is 7.30. The van der Waals surface area contributed by atoms with Crippen LogP contribution in [0.3, 0.4) is 0 Å². The van der Waals surface area contributed by atoms with Crippen molar-refractivity contribution in [1.82, 2.24) is 19.7 Å². The van der Waals surface area contributed by atoms with Crippen LogP contribution in [0.1, 0.15) is 37.9 Å². The summed E-state index contributed by atoms with van der Waals surface area (Å²) in [6.45, 7) is 4.25. The van der Waals surface area contributed by atoms with Crippen molar-refractivity contribution in [2.24, 2.45) is 0 Å². The maximum Gasteiger partial charge on any atom is 0.351 e. The fourth-order valence-corrected chi connectivity index (χ4v) is 2.94. The molecule has 2 aromatic rings. The lowest BCUT2D eigenvalue weighted by atomic mass is 9.99. The van der Waals surface area contributed by atoms with Gasteiger partial charge in [0.05, 0.1) is 5.69 Å². The van der Waals surface area contributed by atoms with Gasteiger partial charge in [-0.05, 0) is 31.5 Å². The van der Waals surface area contributed by atoms with Gasteiger partial charge in [0, 0.05) is 18.9 Å². The third-order valence-corrected chi connectivity index (χ3v) is 4.07. The number of benzene rings is 1. The molecule has 0 aliphatic carbocycles. The van der Waals surface area contributed by atoms with Crippen LogP contribution < -0.4 is 11.0 Å². The highest BCUT2D eigenvalue weighted by molar-refractivity contribution is 5.33. The highest BCUT2D eigenvalue weighted by Crippen LogP contribution is 2.22. The molecule has 3 rings (SSSR count). The van der Waals surface area contributed by atoms with Gasteiger partial charge in [0.2, 0.25) is 0 Å². The Balaban J connectivity index is 2.05. The van der Waals surface area contributed by atoms with Gasteiger partial charge in [-0.15, -0.1) is 5.92 Å². The number of aromatic nitrogens is 3. The first kappa shape index (κ1) is 15.6. The van der Waals surface area contributed by atoms with Crippen LogP contribution in [-0.2, 0) is 6.54 Å². The molecule has 1 N–H and O–H groups in total. The van der Waals surface area contributed by atoms with Crippen LogP contribution >= 0.6 is 0 Å². The Morgan fingerprint density at radius 3 is 2.83 bits per heavy atom. The van der Waals surface area contributed by atoms with Crippen molar-refractivity contribution in [3.05, 3.63) is 46.6 Å². The second-order valence-corrected chi connectivity index (χ2v) is 5.72. The fourth-order valence-electron chi connectivity index (χ4n) is 2.94. The maximum atomic E-state index is 12.8. The third-order valence-electron chi connectivity index (χ3n) is 4.07. The molecule has 1 aliphatic rings. The van der Waals surface area contributed by atoms with E-state index in [0.29, 0.717) is 6.54 Å². The molecule has 1 saturated heterocycles. The summed E-state index contributed by atoms with van der Waals surface area (Å²) in [7, 11) is 0. The Hall–Kier alpha value is -2.32. The zero-order chi connectivity index (χ0) is 16.1. The summed E-state index contributed by atoms with van der Waals surface area (Å²) in [6, 6.07) is 9.74. The quantitative estimate of drug-likeness (QED) is 0.881. The topological polar surface area (TPSA) is 51.9 Å². The van der Waals surface area contributed by atoms with Gasteiger partial charge in [-0.25, -0.2) is 14.0 Å². The minimum atomic E-state index is -0.109. The van der Waals surface area contributed by atoms with E-state index in [1.165, 1.54) is 4.68 Å². The number of hydrogen-bond donors (Lipinski definition) is 1. The van der Waals surface area contributed by atoms with Crippen molar-refractivity contribution >= 4 is 0 Å². The summed E-state index contributed by atoms with van der Waals surface area (Å²) in [5.74, 6) is 7.11. The molecule has 23 heavy (non-hydrogen) atoms. The van der Waals surface area contributed by atoms with E-state index in [1.807, 2.05) is 37.3 Å². The van der Waals surface area contributed by atoms with Gasteiger partial charge in [-0.3, -0.25) is 0 Å². The molecular weight excluding hydrogens is 288 g/mol. The van der Waals surface area contributed by atoms with Crippen molar-refractivity contribution in [2.45, 2.75) is 38.6 Å². The van der Waals surface area contributed by atoms with Crippen molar-refractivity contribution < 1.29 is 0 Å². The fraction of sp³-hybridized carbons (Fsp3) is 0.444. The zero-order valence-electron chi connectivity index (χ0n) is 13.5. The van der Waals surface area contributed by atoms with Gasteiger partial charge in [0.25, 0.3) is 0 Å². The summed E-state index contributed by atoms with van der Waals surface area (Å²) in [4.78, 5) is 12.8. The molecule has 0 unspecified atom stereocenters. The van der Waals surface area contributed by atoms with E-state index >= 15 is 0 Å². The summed E-state index contributed by atoms with van der Waals surface area (Å²) in [6.07, 6.45) is 2.95. The van der Waals surface area contributed by atoms with E-state index in [0.717, 1.165) is 43.9 Å². The summed E-state index contributed by atoms with van der Waals surface area (Å²) in [5.41, 5.74) is 0.759. The summed E-state index contributed by atoms with van der Waals surface area (Å²) < 4.78 is 3.23. The average Bonchev–Trinajstić information content (AvgIpc) is 2.93. The molecule has 5 nitrogen and oxygen atoms in total. The number of piperidine rings is 1. The maximum absolute atomic E-state index is 12.8. The molecule has 1 aromatic carbocycles. The van der Waals surface area contributed by atoms with Gasteiger partial charge in [0.1, 0.15) is 12.4 Å². The van der Waals surface area contributed by atoms with Gasteiger partial charge in [-0.2, -0.15) is 5.10 Å². The Morgan fingerprint density at radius 2 is 2.13 bits per heavy atom. The number of nitrogens with zero attached hydrogens (tertiary/aromatic N) is 3. The van der Waals surface area contributed by atoms with Crippen LogP contribution in [0.25, 0.3) is 5.69 Å². The van der Waals surface area contributed by atoms with Crippen LogP contribution in [0.4, 0.5) is 0 Å². The van der Waals surface area contributed by atoms with Crippen LogP contribution in [0.5, 0.6) is 0 Å².